The van der Waals surface area contributed by atoms with E-state index in [1.807, 2.05) is 18.2 Å². The molecule has 4 rings (SSSR count). The molecule has 4 aromatic rings. The van der Waals surface area contributed by atoms with E-state index in [9.17, 15) is 13.2 Å². The van der Waals surface area contributed by atoms with Crippen LogP contribution >= 0.6 is 0 Å². The number of carbonyl (C=O) groups is 1. The molecule has 0 fully saturated rings. The lowest BCUT2D eigenvalue weighted by atomic mass is 10.1. The Bertz CT molecular complexity index is 1400. The van der Waals surface area contributed by atoms with E-state index in [0.717, 1.165) is 11.8 Å². The van der Waals surface area contributed by atoms with Crippen LogP contribution in [0.1, 0.15) is 15.9 Å². The second-order valence-corrected chi connectivity index (χ2v) is 9.34. The van der Waals surface area contributed by atoms with Gasteiger partial charge in [0.2, 0.25) is 0 Å². The number of hydrazone groups is 1. The molecule has 1 amide bonds. The molecule has 12 heteroatoms. The largest absolute Gasteiger partial charge is 0.351 e. The first-order chi connectivity index (χ1) is 15.9. The number of benzene rings is 1. The molecule has 3 aromatic heterocycles. The minimum atomic E-state index is -3.13. The standard InChI is InChI=1S/C21H20N8O3S/c1-33(31,32)11-10-23-21(30)16-7-5-15(6-8-16)12-26-28-19-17-13-27-29(20(17)25-14-24-19)18-4-2-3-9-22-18/h2-9,12-14H,10-11H2,1H3,(H,23,30)(H,24,25,28)/b26-12+. The van der Waals surface area contributed by atoms with Crippen molar-refractivity contribution in [3.63, 3.8) is 0 Å². The van der Waals surface area contributed by atoms with Crippen LogP contribution in [-0.4, -0.2) is 63.8 Å². The lowest BCUT2D eigenvalue weighted by molar-refractivity contribution is 0.0956. The monoisotopic (exact) mass is 464 g/mol. The zero-order chi connectivity index (χ0) is 23.3. The predicted molar refractivity (Wildman–Crippen MR) is 124 cm³/mol. The van der Waals surface area contributed by atoms with E-state index in [4.69, 9.17) is 0 Å². The molecule has 33 heavy (non-hydrogen) atoms. The molecule has 0 bridgehead atoms. The molecule has 0 radical (unpaired) electrons. The predicted octanol–water partition coefficient (Wildman–Crippen LogP) is 1.43. The maximum Gasteiger partial charge on any atom is 0.251 e. The van der Waals surface area contributed by atoms with Crippen LogP contribution in [-0.2, 0) is 9.84 Å². The van der Waals surface area contributed by atoms with Gasteiger partial charge in [0, 0.05) is 24.6 Å². The lowest BCUT2D eigenvalue weighted by Crippen LogP contribution is -2.28. The Kier molecular flexibility index (Phi) is 6.36. The van der Waals surface area contributed by atoms with E-state index < -0.39 is 9.84 Å². The van der Waals surface area contributed by atoms with Crippen LogP contribution < -0.4 is 10.7 Å². The molecule has 168 valence electrons. The van der Waals surface area contributed by atoms with Gasteiger partial charge in [-0.05, 0) is 29.8 Å². The number of rotatable bonds is 8. The number of hydrogen-bond acceptors (Lipinski definition) is 9. The highest BCUT2D eigenvalue weighted by Crippen LogP contribution is 2.20. The fourth-order valence-corrected chi connectivity index (χ4v) is 3.39. The molecule has 0 saturated heterocycles. The van der Waals surface area contributed by atoms with Gasteiger partial charge in [0.05, 0.1) is 23.6 Å². The number of sulfone groups is 1. The first-order valence-corrected chi connectivity index (χ1v) is 11.9. The van der Waals surface area contributed by atoms with Gasteiger partial charge >= 0.3 is 0 Å². The highest BCUT2D eigenvalue weighted by Gasteiger charge is 2.11. The number of pyridine rings is 1. The number of aromatic nitrogens is 5. The molecule has 2 N–H and O–H groups in total. The van der Waals surface area contributed by atoms with Crippen LogP contribution in [0.4, 0.5) is 5.82 Å². The summed E-state index contributed by atoms with van der Waals surface area (Å²) in [6.45, 7) is 0.0646. The minimum Gasteiger partial charge on any atom is -0.351 e. The van der Waals surface area contributed by atoms with Crippen molar-refractivity contribution in [2.45, 2.75) is 0 Å². The second-order valence-electron chi connectivity index (χ2n) is 7.08. The van der Waals surface area contributed by atoms with Gasteiger partial charge in [-0.25, -0.2) is 23.4 Å². The van der Waals surface area contributed by atoms with Gasteiger partial charge in [-0.3, -0.25) is 10.2 Å². The molecule has 0 saturated carbocycles. The Morgan fingerprint density at radius 2 is 1.94 bits per heavy atom. The topological polar surface area (TPSA) is 144 Å². The molecule has 1 aromatic carbocycles. The van der Waals surface area contributed by atoms with Gasteiger partial charge in [0.1, 0.15) is 16.2 Å². The van der Waals surface area contributed by atoms with Crippen molar-refractivity contribution in [3.05, 3.63) is 72.3 Å². The average molecular weight is 465 g/mol. The highest BCUT2D eigenvalue weighted by molar-refractivity contribution is 7.90. The molecule has 0 aliphatic heterocycles. The number of amides is 1. The fraction of sp³-hybridized carbons (Fsp3) is 0.143. The molecule has 0 unspecified atom stereocenters. The molecule has 0 aliphatic carbocycles. The summed E-state index contributed by atoms with van der Waals surface area (Å²) in [6.07, 6.45) is 7.44. The summed E-state index contributed by atoms with van der Waals surface area (Å²) >= 11 is 0. The fourth-order valence-electron chi connectivity index (χ4n) is 2.92. The Labute approximate surface area is 189 Å². The third-order valence-corrected chi connectivity index (χ3v) is 5.49. The maximum absolute atomic E-state index is 12.1. The van der Waals surface area contributed by atoms with Crippen molar-refractivity contribution in [1.29, 1.82) is 0 Å². The van der Waals surface area contributed by atoms with Crippen LogP contribution in [0.5, 0.6) is 0 Å². The van der Waals surface area contributed by atoms with Crippen molar-refractivity contribution in [2.24, 2.45) is 5.10 Å². The summed E-state index contributed by atoms with van der Waals surface area (Å²) in [5, 5.41) is 11.8. The molecular weight excluding hydrogens is 444 g/mol. The van der Waals surface area contributed by atoms with Gasteiger partial charge < -0.3 is 5.32 Å². The summed E-state index contributed by atoms with van der Waals surface area (Å²) in [5.41, 5.74) is 4.66. The third-order valence-electron chi connectivity index (χ3n) is 4.55. The molecule has 11 nitrogen and oxygen atoms in total. The minimum absolute atomic E-state index is 0.0646. The first-order valence-electron chi connectivity index (χ1n) is 9.86. The molecule has 0 spiro atoms. The SMILES string of the molecule is CS(=O)(=O)CCNC(=O)c1ccc(/C=N/Nc2ncnc3c2cnn3-c2ccccn2)cc1. The van der Waals surface area contributed by atoms with E-state index in [2.05, 4.69) is 35.9 Å². The summed E-state index contributed by atoms with van der Waals surface area (Å²) in [7, 11) is -3.13. The number of nitrogens with one attached hydrogen (secondary N) is 2. The Morgan fingerprint density at radius 1 is 1.12 bits per heavy atom. The average Bonchev–Trinajstić information content (AvgIpc) is 3.24. The molecular formula is C21H20N8O3S. The zero-order valence-corrected chi connectivity index (χ0v) is 18.4. The summed E-state index contributed by atoms with van der Waals surface area (Å²) in [6, 6.07) is 12.2. The molecule has 3 heterocycles. The van der Waals surface area contributed by atoms with Gasteiger partial charge in [0.15, 0.2) is 17.3 Å². The number of anilines is 1. The van der Waals surface area contributed by atoms with Crippen molar-refractivity contribution in [2.75, 3.05) is 24.0 Å². The van der Waals surface area contributed by atoms with Crippen LogP contribution in [0.25, 0.3) is 16.9 Å². The van der Waals surface area contributed by atoms with E-state index >= 15 is 0 Å². The van der Waals surface area contributed by atoms with Crippen molar-refractivity contribution < 1.29 is 13.2 Å². The van der Waals surface area contributed by atoms with E-state index in [1.54, 1.807) is 47.6 Å². The number of fused-ring (bicyclic) bond motifs is 1. The Morgan fingerprint density at radius 3 is 2.67 bits per heavy atom. The van der Waals surface area contributed by atoms with Gasteiger partial charge in [-0.2, -0.15) is 14.9 Å². The summed E-state index contributed by atoms with van der Waals surface area (Å²) in [4.78, 5) is 24.9. The Hall–Kier alpha value is -4.19. The normalized spacial score (nSPS) is 11.7. The van der Waals surface area contributed by atoms with Gasteiger partial charge in [0.25, 0.3) is 5.91 Å². The molecule has 0 aliphatic rings. The number of nitrogens with zero attached hydrogens (tertiary/aromatic N) is 6. The third kappa shape index (κ3) is 5.54. The maximum atomic E-state index is 12.1. The lowest BCUT2D eigenvalue weighted by Gasteiger charge is -2.05. The quantitative estimate of drug-likeness (QED) is 0.294. The van der Waals surface area contributed by atoms with Crippen molar-refractivity contribution in [1.82, 2.24) is 30.0 Å². The smallest absolute Gasteiger partial charge is 0.251 e. The van der Waals surface area contributed by atoms with Crippen LogP contribution in [0, 0.1) is 0 Å². The van der Waals surface area contributed by atoms with Crippen molar-refractivity contribution in [3.8, 4) is 5.82 Å². The van der Waals surface area contributed by atoms with Crippen molar-refractivity contribution >= 4 is 38.8 Å². The van der Waals surface area contributed by atoms with E-state index in [0.29, 0.717) is 28.2 Å². The van der Waals surface area contributed by atoms with Crippen LogP contribution in [0.2, 0.25) is 0 Å². The number of hydrogen-bond donors (Lipinski definition) is 2. The highest BCUT2D eigenvalue weighted by atomic mass is 32.2. The first kappa shape index (κ1) is 22.0. The summed E-state index contributed by atoms with van der Waals surface area (Å²) in [5.74, 6) is 0.682. The number of carbonyl (C=O) groups excluding carboxylic acids is 1. The second kappa shape index (κ2) is 9.53. The van der Waals surface area contributed by atoms with Crippen LogP contribution in [0.3, 0.4) is 0 Å². The van der Waals surface area contributed by atoms with Gasteiger partial charge in [-0.1, -0.05) is 18.2 Å². The van der Waals surface area contributed by atoms with Gasteiger partial charge in [-0.15, -0.1) is 0 Å². The van der Waals surface area contributed by atoms with E-state index in [-0.39, 0.29) is 18.2 Å². The Balaban J connectivity index is 1.41. The zero-order valence-electron chi connectivity index (χ0n) is 17.6. The van der Waals surface area contributed by atoms with Crippen LogP contribution in [0.15, 0.2) is 66.3 Å². The summed E-state index contributed by atoms with van der Waals surface area (Å²) < 4.78 is 23.9. The van der Waals surface area contributed by atoms with E-state index in [1.165, 1.54) is 6.33 Å². The molecule has 0 atom stereocenters.